The molecule has 0 saturated heterocycles. The van der Waals surface area contributed by atoms with E-state index in [1.807, 2.05) is 25.1 Å². The predicted octanol–water partition coefficient (Wildman–Crippen LogP) is 1.93. The zero-order valence-corrected chi connectivity index (χ0v) is 12.7. The molecule has 0 aliphatic carbocycles. The minimum Gasteiger partial charge on any atom is -0.494 e. The van der Waals surface area contributed by atoms with E-state index in [-0.39, 0.29) is 5.56 Å². The first-order chi connectivity index (χ1) is 10.6. The molecule has 2 heterocycles. The number of benzene rings is 1. The standard InChI is InChI=1S/C16H16N4O2/c1-9-7-15(21)19-13(17-9)8-14-18-10(2)11-5-4-6-12(22-3)16(11)20-14/h4-7H,8H2,1-3H3,(H,17,19,21). The number of nitrogens with one attached hydrogen (secondary N) is 1. The van der Waals surface area contributed by atoms with Gasteiger partial charge >= 0.3 is 0 Å². The van der Waals surface area contributed by atoms with Gasteiger partial charge in [-0.25, -0.2) is 15.0 Å². The van der Waals surface area contributed by atoms with Gasteiger partial charge in [-0.15, -0.1) is 0 Å². The number of aromatic amines is 1. The molecule has 0 amide bonds. The summed E-state index contributed by atoms with van der Waals surface area (Å²) in [5, 5.41) is 0.953. The highest BCUT2D eigenvalue weighted by molar-refractivity contribution is 5.86. The van der Waals surface area contributed by atoms with Crippen molar-refractivity contribution in [3.8, 4) is 5.75 Å². The molecule has 0 spiro atoms. The molecule has 0 aliphatic rings. The molecule has 0 atom stereocenters. The lowest BCUT2D eigenvalue weighted by Crippen LogP contribution is -2.13. The van der Waals surface area contributed by atoms with E-state index in [1.165, 1.54) is 6.07 Å². The maximum Gasteiger partial charge on any atom is 0.251 e. The van der Waals surface area contributed by atoms with Gasteiger partial charge in [-0.1, -0.05) is 12.1 Å². The summed E-state index contributed by atoms with van der Waals surface area (Å²) in [4.78, 5) is 27.6. The highest BCUT2D eigenvalue weighted by atomic mass is 16.5. The number of hydrogen-bond acceptors (Lipinski definition) is 5. The largest absolute Gasteiger partial charge is 0.494 e. The van der Waals surface area contributed by atoms with Crippen molar-refractivity contribution >= 4 is 10.9 Å². The quantitative estimate of drug-likeness (QED) is 0.798. The molecule has 0 bridgehead atoms. The number of hydrogen-bond donors (Lipinski definition) is 1. The van der Waals surface area contributed by atoms with Gasteiger partial charge in [0.05, 0.1) is 13.5 Å². The van der Waals surface area contributed by atoms with Crippen molar-refractivity contribution < 1.29 is 4.74 Å². The second-order valence-corrected chi connectivity index (χ2v) is 5.09. The minimum atomic E-state index is -0.169. The Morgan fingerprint density at radius 2 is 2.00 bits per heavy atom. The molecule has 0 unspecified atom stereocenters. The molecule has 6 heteroatoms. The van der Waals surface area contributed by atoms with Crippen LogP contribution < -0.4 is 10.3 Å². The van der Waals surface area contributed by atoms with Crippen LogP contribution in [0.2, 0.25) is 0 Å². The van der Waals surface area contributed by atoms with Gasteiger partial charge in [0, 0.05) is 22.8 Å². The number of H-pyrrole nitrogens is 1. The zero-order chi connectivity index (χ0) is 15.7. The van der Waals surface area contributed by atoms with Gasteiger partial charge in [0.15, 0.2) is 0 Å². The number of fused-ring (bicyclic) bond motifs is 1. The average molecular weight is 296 g/mol. The number of rotatable bonds is 3. The molecular weight excluding hydrogens is 280 g/mol. The van der Waals surface area contributed by atoms with Gasteiger partial charge in [-0.05, 0) is 19.9 Å². The number of para-hydroxylation sites is 1. The second-order valence-electron chi connectivity index (χ2n) is 5.09. The van der Waals surface area contributed by atoms with Crippen LogP contribution in [0.5, 0.6) is 5.75 Å². The smallest absolute Gasteiger partial charge is 0.251 e. The van der Waals surface area contributed by atoms with Crippen molar-refractivity contribution in [1.29, 1.82) is 0 Å². The monoisotopic (exact) mass is 296 g/mol. The van der Waals surface area contributed by atoms with Crippen LogP contribution in [0.3, 0.4) is 0 Å². The molecular formula is C16H16N4O2. The zero-order valence-electron chi connectivity index (χ0n) is 12.7. The number of aromatic nitrogens is 4. The average Bonchev–Trinajstić information content (AvgIpc) is 2.45. The van der Waals surface area contributed by atoms with Crippen LogP contribution in [-0.4, -0.2) is 27.0 Å². The molecule has 0 radical (unpaired) electrons. The summed E-state index contributed by atoms with van der Waals surface area (Å²) < 4.78 is 5.36. The summed E-state index contributed by atoms with van der Waals surface area (Å²) in [6.45, 7) is 3.72. The molecule has 3 aromatic rings. The Balaban J connectivity index is 2.09. The molecule has 1 aromatic carbocycles. The number of nitrogens with zero attached hydrogens (tertiary/aromatic N) is 3. The highest BCUT2D eigenvalue weighted by Crippen LogP contribution is 2.25. The first-order valence-electron chi connectivity index (χ1n) is 6.94. The summed E-state index contributed by atoms with van der Waals surface area (Å²) in [6.07, 6.45) is 0.367. The van der Waals surface area contributed by atoms with E-state index in [4.69, 9.17) is 4.74 Å². The molecule has 2 aromatic heterocycles. The number of ether oxygens (including phenoxy) is 1. The van der Waals surface area contributed by atoms with Crippen LogP contribution >= 0.6 is 0 Å². The van der Waals surface area contributed by atoms with Crippen molar-refractivity contribution in [2.24, 2.45) is 0 Å². The van der Waals surface area contributed by atoms with Gasteiger partial charge in [-0.2, -0.15) is 0 Å². The van der Waals surface area contributed by atoms with E-state index in [2.05, 4.69) is 19.9 Å². The van der Waals surface area contributed by atoms with E-state index in [0.29, 0.717) is 29.5 Å². The van der Waals surface area contributed by atoms with Crippen LogP contribution in [0, 0.1) is 13.8 Å². The van der Waals surface area contributed by atoms with Crippen molar-refractivity contribution in [1.82, 2.24) is 19.9 Å². The lowest BCUT2D eigenvalue weighted by atomic mass is 10.1. The number of aryl methyl sites for hydroxylation is 2. The maximum absolute atomic E-state index is 11.5. The minimum absolute atomic E-state index is 0.169. The molecule has 6 nitrogen and oxygen atoms in total. The predicted molar refractivity (Wildman–Crippen MR) is 83.2 cm³/mol. The summed E-state index contributed by atoms with van der Waals surface area (Å²) in [7, 11) is 1.62. The lowest BCUT2D eigenvalue weighted by molar-refractivity contribution is 0.418. The van der Waals surface area contributed by atoms with Gasteiger partial charge < -0.3 is 9.72 Å². The molecule has 112 valence electrons. The first-order valence-corrected chi connectivity index (χ1v) is 6.94. The van der Waals surface area contributed by atoms with Crippen molar-refractivity contribution in [3.05, 3.63) is 57.7 Å². The summed E-state index contributed by atoms with van der Waals surface area (Å²) in [5.74, 6) is 1.86. The fourth-order valence-corrected chi connectivity index (χ4v) is 2.46. The highest BCUT2D eigenvalue weighted by Gasteiger charge is 2.10. The first kappa shape index (κ1) is 14.2. The summed E-state index contributed by atoms with van der Waals surface area (Å²) in [6, 6.07) is 7.20. The summed E-state index contributed by atoms with van der Waals surface area (Å²) >= 11 is 0. The Morgan fingerprint density at radius 3 is 2.73 bits per heavy atom. The molecule has 0 fully saturated rings. The summed E-state index contributed by atoms with van der Waals surface area (Å²) in [5.41, 5.74) is 2.14. The van der Waals surface area contributed by atoms with E-state index in [0.717, 1.165) is 16.6 Å². The van der Waals surface area contributed by atoms with Gasteiger partial charge in [0.2, 0.25) is 0 Å². The Kier molecular flexibility index (Phi) is 3.58. The fourth-order valence-electron chi connectivity index (χ4n) is 2.46. The Bertz CT molecular complexity index is 902. The Hall–Kier alpha value is -2.76. The van der Waals surface area contributed by atoms with Crippen LogP contribution in [-0.2, 0) is 6.42 Å². The molecule has 22 heavy (non-hydrogen) atoms. The molecule has 3 rings (SSSR count). The van der Waals surface area contributed by atoms with Crippen LogP contribution in [0.4, 0.5) is 0 Å². The molecule has 0 aliphatic heterocycles. The Morgan fingerprint density at radius 1 is 1.18 bits per heavy atom. The van der Waals surface area contributed by atoms with Gasteiger partial charge in [0.25, 0.3) is 5.56 Å². The van der Waals surface area contributed by atoms with E-state index in [1.54, 1.807) is 14.0 Å². The van der Waals surface area contributed by atoms with Gasteiger partial charge in [0.1, 0.15) is 22.9 Å². The van der Waals surface area contributed by atoms with Gasteiger partial charge in [-0.3, -0.25) is 4.79 Å². The van der Waals surface area contributed by atoms with E-state index >= 15 is 0 Å². The van der Waals surface area contributed by atoms with Crippen LogP contribution in [0.1, 0.15) is 23.0 Å². The molecule has 1 N–H and O–H groups in total. The third-order valence-corrected chi connectivity index (χ3v) is 3.39. The van der Waals surface area contributed by atoms with E-state index in [9.17, 15) is 4.79 Å². The third-order valence-electron chi connectivity index (χ3n) is 3.39. The normalized spacial score (nSPS) is 10.9. The fraction of sp³-hybridized carbons (Fsp3) is 0.250. The SMILES string of the molecule is COc1cccc2c(C)nc(Cc3nc(C)cc(=O)[nH]3)nc12. The van der Waals surface area contributed by atoms with Crippen molar-refractivity contribution in [2.75, 3.05) is 7.11 Å². The third kappa shape index (κ3) is 2.67. The van der Waals surface area contributed by atoms with Crippen molar-refractivity contribution in [3.63, 3.8) is 0 Å². The van der Waals surface area contributed by atoms with Crippen LogP contribution in [0.15, 0.2) is 29.1 Å². The second kappa shape index (κ2) is 5.55. The topological polar surface area (TPSA) is 80.8 Å². The van der Waals surface area contributed by atoms with E-state index < -0.39 is 0 Å². The molecule has 0 saturated carbocycles. The van der Waals surface area contributed by atoms with Crippen LogP contribution in [0.25, 0.3) is 10.9 Å². The maximum atomic E-state index is 11.5. The Labute approximate surface area is 127 Å². The number of methoxy groups -OCH3 is 1. The van der Waals surface area contributed by atoms with Crippen molar-refractivity contribution in [2.45, 2.75) is 20.3 Å². The lowest BCUT2D eigenvalue weighted by Gasteiger charge is -2.09.